The first-order chi connectivity index (χ1) is 7.30. The van der Waals surface area contributed by atoms with E-state index in [2.05, 4.69) is 5.32 Å². The number of rotatable bonds is 0. The fourth-order valence-corrected chi connectivity index (χ4v) is 2.68. The van der Waals surface area contributed by atoms with Crippen molar-refractivity contribution in [1.29, 1.82) is 0 Å². The number of fused-ring (bicyclic) bond motifs is 2. The molecule has 3 nitrogen and oxygen atoms in total. The quantitative estimate of drug-likeness (QED) is 0.674. The van der Waals surface area contributed by atoms with Gasteiger partial charge in [0.15, 0.2) is 0 Å². The van der Waals surface area contributed by atoms with Crippen molar-refractivity contribution in [2.75, 3.05) is 13.1 Å². The Morgan fingerprint density at radius 2 is 2.07 bits per heavy atom. The summed E-state index contributed by atoms with van der Waals surface area (Å²) in [6.07, 6.45) is 2.07. The van der Waals surface area contributed by atoms with Crippen molar-refractivity contribution in [3.05, 3.63) is 29.3 Å². The van der Waals surface area contributed by atoms with E-state index in [1.165, 1.54) is 5.56 Å². The van der Waals surface area contributed by atoms with Gasteiger partial charge in [0.1, 0.15) is 5.75 Å². The van der Waals surface area contributed by atoms with Crippen LogP contribution >= 0.6 is 0 Å². The molecule has 0 aliphatic carbocycles. The van der Waals surface area contributed by atoms with Crippen LogP contribution in [0.1, 0.15) is 24.0 Å². The largest absolute Gasteiger partial charge is 0.508 e. The fraction of sp³-hybridized carbons (Fsp3) is 0.500. The number of hydrogen-bond donors (Lipinski definition) is 2. The van der Waals surface area contributed by atoms with Gasteiger partial charge in [-0.2, -0.15) is 0 Å². The zero-order valence-corrected chi connectivity index (χ0v) is 8.62. The number of ether oxygens (including phenoxy) is 1. The minimum Gasteiger partial charge on any atom is -0.508 e. The van der Waals surface area contributed by atoms with E-state index in [0.29, 0.717) is 12.4 Å². The van der Waals surface area contributed by atoms with Gasteiger partial charge in [0, 0.05) is 0 Å². The molecule has 1 fully saturated rings. The lowest BCUT2D eigenvalue weighted by Crippen LogP contribution is -2.39. The topological polar surface area (TPSA) is 41.5 Å². The summed E-state index contributed by atoms with van der Waals surface area (Å²) in [5.41, 5.74) is 2.35. The maximum Gasteiger partial charge on any atom is 0.115 e. The smallest absolute Gasteiger partial charge is 0.115 e. The van der Waals surface area contributed by atoms with Gasteiger partial charge in [-0.25, -0.2) is 0 Å². The van der Waals surface area contributed by atoms with E-state index in [4.69, 9.17) is 4.74 Å². The average Bonchev–Trinajstić information content (AvgIpc) is 2.58. The SMILES string of the molecule is Oc1ccc2c(c1)COC21CCNCC1. The van der Waals surface area contributed by atoms with Crippen molar-refractivity contribution in [3.63, 3.8) is 0 Å². The fourth-order valence-electron chi connectivity index (χ4n) is 2.68. The molecule has 15 heavy (non-hydrogen) atoms. The lowest BCUT2D eigenvalue weighted by molar-refractivity contribution is -0.0590. The molecule has 0 amide bonds. The normalized spacial score (nSPS) is 22.9. The summed E-state index contributed by atoms with van der Waals surface area (Å²) in [5.74, 6) is 0.336. The molecule has 3 rings (SSSR count). The first kappa shape index (κ1) is 9.19. The van der Waals surface area contributed by atoms with Gasteiger partial charge in [-0.05, 0) is 49.2 Å². The molecule has 0 radical (unpaired) electrons. The highest BCUT2D eigenvalue weighted by Gasteiger charge is 2.40. The molecular weight excluding hydrogens is 190 g/mol. The predicted octanol–water partition coefficient (Wildman–Crippen LogP) is 1.50. The highest BCUT2D eigenvalue weighted by Crippen LogP contribution is 2.43. The van der Waals surface area contributed by atoms with Crippen LogP contribution in [0.5, 0.6) is 5.75 Å². The molecular formula is C12H15NO2. The van der Waals surface area contributed by atoms with E-state index in [1.807, 2.05) is 12.1 Å². The van der Waals surface area contributed by atoms with Crippen LogP contribution < -0.4 is 5.32 Å². The molecule has 80 valence electrons. The Morgan fingerprint density at radius 1 is 1.27 bits per heavy atom. The van der Waals surface area contributed by atoms with Crippen molar-refractivity contribution >= 4 is 0 Å². The van der Waals surface area contributed by atoms with E-state index in [9.17, 15) is 5.11 Å². The number of aromatic hydroxyl groups is 1. The van der Waals surface area contributed by atoms with Crippen LogP contribution in [0, 0.1) is 0 Å². The average molecular weight is 205 g/mol. The minimum atomic E-state index is -0.0751. The van der Waals surface area contributed by atoms with Crippen LogP contribution in [-0.4, -0.2) is 18.2 Å². The second-order valence-corrected chi connectivity index (χ2v) is 4.37. The maximum atomic E-state index is 9.42. The molecule has 0 aromatic heterocycles. The summed E-state index contributed by atoms with van der Waals surface area (Å²) in [6.45, 7) is 2.67. The highest BCUT2D eigenvalue weighted by atomic mass is 16.5. The molecule has 3 heteroatoms. The molecule has 0 atom stereocenters. The summed E-state index contributed by atoms with van der Waals surface area (Å²) in [7, 11) is 0. The predicted molar refractivity (Wildman–Crippen MR) is 56.7 cm³/mol. The molecule has 1 aromatic rings. The van der Waals surface area contributed by atoms with Gasteiger partial charge in [-0.1, -0.05) is 6.07 Å². The van der Waals surface area contributed by atoms with Crippen molar-refractivity contribution in [2.45, 2.75) is 25.0 Å². The van der Waals surface area contributed by atoms with E-state index in [0.717, 1.165) is 31.5 Å². The molecule has 2 aliphatic rings. The van der Waals surface area contributed by atoms with Gasteiger partial charge in [0.25, 0.3) is 0 Å². The Balaban J connectivity index is 2.03. The molecule has 0 saturated carbocycles. The van der Waals surface area contributed by atoms with E-state index in [-0.39, 0.29) is 5.60 Å². The zero-order valence-electron chi connectivity index (χ0n) is 8.62. The second-order valence-electron chi connectivity index (χ2n) is 4.37. The van der Waals surface area contributed by atoms with Crippen molar-refractivity contribution in [1.82, 2.24) is 5.32 Å². The Hall–Kier alpha value is -1.06. The Labute approximate surface area is 89.1 Å². The summed E-state index contributed by atoms with van der Waals surface area (Å²) in [6, 6.07) is 5.60. The third kappa shape index (κ3) is 1.34. The first-order valence-electron chi connectivity index (χ1n) is 5.47. The zero-order chi connectivity index (χ0) is 10.3. The van der Waals surface area contributed by atoms with Crippen LogP contribution in [0.2, 0.25) is 0 Å². The van der Waals surface area contributed by atoms with Gasteiger partial charge >= 0.3 is 0 Å². The number of hydrogen-bond acceptors (Lipinski definition) is 3. The van der Waals surface area contributed by atoms with Gasteiger partial charge in [-0.3, -0.25) is 0 Å². The highest BCUT2D eigenvalue weighted by molar-refractivity contribution is 5.41. The standard InChI is InChI=1S/C12H15NO2/c14-10-1-2-11-9(7-10)8-15-12(11)3-5-13-6-4-12/h1-2,7,13-14H,3-6,8H2. The summed E-state index contributed by atoms with van der Waals surface area (Å²) < 4.78 is 5.96. The molecule has 2 N–H and O–H groups in total. The van der Waals surface area contributed by atoms with Crippen LogP contribution in [0.15, 0.2) is 18.2 Å². The lowest BCUT2D eigenvalue weighted by Gasteiger charge is -2.33. The van der Waals surface area contributed by atoms with Crippen LogP contribution in [0.4, 0.5) is 0 Å². The van der Waals surface area contributed by atoms with Gasteiger partial charge in [-0.15, -0.1) is 0 Å². The van der Waals surface area contributed by atoms with Crippen molar-refractivity contribution in [3.8, 4) is 5.75 Å². The van der Waals surface area contributed by atoms with E-state index in [1.54, 1.807) is 6.07 Å². The molecule has 1 saturated heterocycles. The summed E-state index contributed by atoms with van der Waals surface area (Å²) in [4.78, 5) is 0. The molecule has 1 aromatic carbocycles. The Morgan fingerprint density at radius 3 is 2.87 bits per heavy atom. The van der Waals surface area contributed by atoms with E-state index < -0.39 is 0 Å². The maximum absolute atomic E-state index is 9.42. The van der Waals surface area contributed by atoms with Crippen LogP contribution in [-0.2, 0) is 16.9 Å². The van der Waals surface area contributed by atoms with Gasteiger partial charge in [0.2, 0.25) is 0 Å². The third-order valence-corrected chi connectivity index (χ3v) is 3.49. The summed E-state index contributed by atoms with van der Waals surface area (Å²) in [5, 5.41) is 12.8. The van der Waals surface area contributed by atoms with Gasteiger partial charge in [0.05, 0.1) is 12.2 Å². The molecule has 2 aliphatic heterocycles. The monoisotopic (exact) mass is 205 g/mol. The Bertz CT molecular complexity index is 383. The van der Waals surface area contributed by atoms with Crippen molar-refractivity contribution < 1.29 is 9.84 Å². The van der Waals surface area contributed by atoms with E-state index >= 15 is 0 Å². The number of phenols is 1. The minimum absolute atomic E-state index is 0.0751. The van der Waals surface area contributed by atoms with Crippen LogP contribution in [0.25, 0.3) is 0 Å². The van der Waals surface area contributed by atoms with Gasteiger partial charge < -0.3 is 15.2 Å². The number of phenolic OH excluding ortho intramolecular Hbond substituents is 1. The molecule has 1 spiro atoms. The molecule has 0 bridgehead atoms. The summed E-state index contributed by atoms with van der Waals surface area (Å²) >= 11 is 0. The third-order valence-electron chi connectivity index (χ3n) is 3.49. The second kappa shape index (κ2) is 3.22. The van der Waals surface area contributed by atoms with Crippen LogP contribution in [0.3, 0.4) is 0 Å². The molecule has 2 heterocycles. The lowest BCUT2D eigenvalue weighted by atomic mass is 9.84. The number of nitrogens with one attached hydrogen (secondary N) is 1. The number of benzene rings is 1. The first-order valence-corrected chi connectivity index (χ1v) is 5.47. The van der Waals surface area contributed by atoms with Crippen molar-refractivity contribution in [2.24, 2.45) is 0 Å². The Kier molecular flexibility index (Phi) is 1.97. The molecule has 0 unspecified atom stereocenters. The number of piperidine rings is 1.